The summed E-state index contributed by atoms with van der Waals surface area (Å²) < 4.78 is 7.45. The molecule has 0 unspecified atom stereocenters. The fourth-order valence-electron chi connectivity index (χ4n) is 2.14. The van der Waals surface area contributed by atoms with Gasteiger partial charge in [0.1, 0.15) is 5.65 Å². The van der Waals surface area contributed by atoms with E-state index in [1.54, 1.807) is 0 Å². The van der Waals surface area contributed by atoms with Crippen LogP contribution in [0.5, 0.6) is 0 Å². The van der Waals surface area contributed by atoms with E-state index in [-0.39, 0.29) is 0 Å². The van der Waals surface area contributed by atoms with Gasteiger partial charge in [0, 0.05) is 31.5 Å². The van der Waals surface area contributed by atoms with Crippen molar-refractivity contribution in [3.05, 3.63) is 36.3 Å². The highest BCUT2D eigenvalue weighted by molar-refractivity contribution is 5.40. The van der Waals surface area contributed by atoms with Crippen LogP contribution in [0.15, 0.2) is 30.6 Å². The molecule has 2 aromatic heterocycles. The average Bonchev–Trinajstić information content (AvgIpc) is 2.74. The van der Waals surface area contributed by atoms with Crippen molar-refractivity contribution in [2.75, 3.05) is 13.2 Å². The molecule has 0 atom stereocenters. The van der Waals surface area contributed by atoms with Crippen molar-refractivity contribution in [3.63, 3.8) is 0 Å². The topological polar surface area (TPSA) is 26.5 Å². The highest BCUT2D eigenvalue weighted by atomic mass is 16.5. The summed E-state index contributed by atoms with van der Waals surface area (Å²) in [7, 11) is 0. The predicted molar refractivity (Wildman–Crippen MR) is 58.0 cm³/mol. The van der Waals surface area contributed by atoms with Gasteiger partial charge in [-0.3, -0.25) is 0 Å². The van der Waals surface area contributed by atoms with E-state index < -0.39 is 0 Å². The lowest BCUT2D eigenvalue weighted by Gasteiger charge is -2.19. The number of ether oxygens (including phenoxy) is 1. The van der Waals surface area contributed by atoms with E-state index in [4.69, 9.17) is 4.74 Å². The summed E-state index contributed by atoms with van der Waals surface area (Å²) in [6, 6.07) is 6.10. The zero-order chi connectivity index (χ0) is 10.1. The van der Waals surface area contributed by atoms with Crippen LogP contribution in [0.3, 0.4) is 0 Å². The van der Waals surface area contributed by atoms with Gasteiger partial charge in [0.05, 0.1) is 5.69 Å². The molecule has 3 heteroatoms. The summed E-state index contributed by atoms with van der Waals surface area (Å²) in [6.45, 7) is 1.75. The zero-order valence-corrected chi connectivity index (χ0v) is 8.60. The van der Waals surface area contributed by atoms with Crippen LogP contribution < -0.4 is 0 Å². The molecule has 78 valence electrons. The van der Waals surface area contributed by atoms with E-state index in [0.29, 0.717) is 5.92 Å². The third-order valence-electron chi connectivity index (χ3n) is 3.02. The lowest BCUT2D eigenvalue weighted by atomic mass is 9.97. The smallest absolute Gasteiger partial charge is 0.136 e. The second-order valence-electron chi connectivity index (χ2n) is 4.02. The first-order valence-corrected chi connectivity index (χ1v) is 5.45. The molecule has 2 aromatic rings. The fourth-order valence-corrected chi connectivity index (χ4v) is 2.14. The highest BCUT2D eigenvalue weighted by Gasteiger charge is 2.18. The van der Waals surface area contributed by atoms with Gasteiger partial charge in [0.15, 0.2) is 0 Å². The van der Waals surface area contributed by atoms with Crippen molar-refractivity contribution in [2.45, 2.75) is 18.8 Å². The molecular formula is C12H14N2O. The number of fused-ring (bicyclic) bond motifs is 1. The number of imidazole rings is 1. The third kappa shape index (κ3) is 1.63. The van der Waals surface area contributed by atoms with Crippen molar-refractivity contribution in [2.24, 2.45) is 0 Å². The van der Waals surface area contributed by atoms with E-state index in [1.807, 2.05) is 24.4 Å². The lowest BCUT2D eigenvalue weighted by molar-refractivity contribution is 0.0846. The molecule has 15 heavy (non-hydrogen) atoms. The van der Waals surface area contributed by atoms with E-state index in [1.165, 1.54) is 5.69 Å². The van der Waals surface area contributed by atoms with Crippen LogP contribution in [0.25, 0.3) is 5.65 Å². The van der Waals surface area contributed by atoms with Gasteiger partial charge >= 0.3 is 0 Å². The third-order valence-corrected chi connectivity index (χ3v) is 3.02. The summed E-state index contributed by atoms with van der Waals surface area (Å²) >= 11 is 0. The number of aromatic nitrogens is 2. The first kappa shape index (κ1) is 8.92. The molecule has 0 spiro atoms. The average molecular weight is 202 g/mol. The molecule has 0 amide bonds. The number of hydrogen-bond acceptors (Lipinski definition) is 2. The van der Waals surface area contributed by atoms with Crippen molar-refractivity contribution in [1.82, 2.24) is 9.38 Å². The molecule has 3 nitrogen and oxygen atoms in total. The Morgan fingerprint density at radius 2 is 2.13 bits per heavy atom. The molecular weight excluding hydrogens is 188 g/mol. The van der Waals surface area contributed by atoms with Crippen LogP contribution in [0.1, 0.15) is 24.5 Å². The van der Waals surface area contributed by atoms with Crippen molar-refractivity contribution >= 4 is 5.65 Å². The highest BCUT2D eigenvalue weighted by Crippen LogP contribution is 2.26. The number of rotatable bonds is 1. The van der Waals surface area contributed by atoms with E-state index in [9.17, 15) is 0 Å². The molecule has 0 saturated carbocycles. The second kappa shape index (κ2) is 3.66. The maximum Gasteiger partial charge on any atom is 0.136 e. The Kier molecular flexibility index (Phi) is 2.18. The van der Waals surface area contributed by atoms with Gasteiger partial charge in [-0.2, -0.15) is 0 Å². The lowest BCUT2D eigenvalue weighted by Crippen LogP contribution is -2.14. The van der Waals surface area contributed by atoms with E-state index in [2.05, 4.69) is 15.6 Å². The predicted octanol–water partition coefficient (Wildman–Crippen LogP) is 2.23. The minimum Gasteiger partial charge on any atom is -0.381 e. The van der Waals surface area contributed by atoms with Gasteiger partial charge < -0.3 is 9.14 Å². The van der Waals surface area contributed by atoms with E-state index >= 15 is 0 Å². The van der Waals surface area contributed by atoms with Gasteiger partial charge in [0.2, 0.25) is 0 Å². The molecule has 0 aromatic carbocycles. The standard InChI is InChI=1S/C12H14N2O/c1-2-6-14-9-11(13-12(14)3-1)10-4-7-15-8-5-10/h1-3,6,9-10H,4-5,7-8H2. The minimum atomic E-state index is 0.582. The van der Waals surface area contributed by atoms with Crippen LogP contribution in [0.4, 0.5) is 0 Å². The van der Waals surface area contributed by atoms with Gasteiger partial charge in [-0.05, 0) is 25.0 Å². The second-order valence-corrected chi connectivity index (χ2v) is 4.02. The van der Waals surface area contributed by atoms with Gasteiger partial charge in [-0.25, -0.2) is 4.98 Å². The molecule has 3 heterocycles. The van der Waals surface area contributed by atoms with Crippen LogP contribution in [-0.4, -0.2) is 22.6 Å². The molecule has 1 aliphatic rings. The summed E-state index contributed by atoms with van der Waals surface area (Å²) in [5, 5.41) is 0. The molecule has 3 rings (SSSR count). The fraction of sp³-hybridized carbons (Fsp3) is 0.417. The SMILES string of the molecule is c1ccn2cc(C3CCOCC3)nc2c1. The molecule has 1 saturated heterocycles. The maximum atomic E-state index is 5.36. The molecule has 0 N–H and O–H groups in total. The first-order valence-electron chi connectivity index (χ1n) is 5.45. The van der Waals surface area contributed by atoms with Gasteiger partial charge in [-0.15, -0.1) is 0 Å². The maximum absolute atomic E-state index is 5.36. The van der Waals surface area contributed by atoms with Crippen molar-refractivity contribution < 1.29 is 4.74 Å². The van der Waals surface area contributed by atoms with Crippen LogP contribution >= 0.6 is 0 Å². The Hall–Kier alpha value is -1.35. The van der Waals surface area contributed by atoms with Crippen LogP contribution in [0.2, 0.25) is 0 Å². The van der Waals surface area contributed by atoms with Crippen LogP contribution in [0, 0.1) is 0 Å². The molecule has 0 radical (unpaired) electrons. The Bertz CT molecular complexity index is 424. The quantitative estimate of drug-likeness (QED) is 0.709. The normalized spacial score (nSPS) is 18.4. The van der Waals surface area contributed by atoms with Crippen molar-refractivity contribution in [3.8, 4) is 0 Å². The molecule has 0 aliphatic carbocycles. The Morgan fingerprint density at radius 3 is 2.93 bits per heavy atom. The largest absolute Gasteiger partial charge is 0.381 e. The zero-order valence-electron chi connectivity index (χ0n) is 8.60. The van der Waals surface area contributed by atoms with Crippen LogP contribution in [-0.2, 0) is 4.74 Å². The number of pyridine rings is 1. The number of hydrogen-bond donors (Lipinski definition) is 0. The van der Waals surface area contributed by atoms with Gasteiger partial charge in [0.25, 0.3) is 0 Å². The minimum absolute atomic E-state index is 0.582. The van der Waals surface area contributed by atoms with Crippen molar-refractivity contribution in [1.29, 1.82) is 0 Å². The Labute approximate surface area is 88.7 Å². The number of nitrogens with zero attached hydrogens (tertiary/aromatic N) is 2. The summed E-state index contributed by atoms with van der Waals surface area (Å²) in [5.41, 5.74) is 2.25. The Morgan fingerprint density at radius 1 is 1.27 bits per heavy atom. The van der Waals surface area contributed by atoms with E-state index in [0.717, 1.165) is 31.7 Å². The summed E-state index contributed by atoms with van der Waals surface area (Å²) in [4.78, 5) is 4.64. The molecule has 1 aliphatic heterocycles. The molecule has 1 fully saturated rings. The molecule has 0 bridgehead atoms. The van der Waals surface area contributed by atoms with Gasteiger partial charge in [-0.1, -0.05) is 6.07 Å². The Balaban J connectivity index is 1.96. The monoisotopic (exact) mass is 202 g/mol. The summed E-state index contributed by atoms with van der Waals surface area (Å²) in [6.07, 6.45) is 6.39. The first-order chi connectivity index (χ1) is 7.43. The summed E-state index contributed by atoms with van der Waals surface area (Å²) in [5.74, 6) is 0.582.